The van der Waals surface area contributed by atoms with Crippen LogP contribution in [0.4, 0.5) is 10.2 Å². The van der Waals surface area contributed by atoms with Gasteiger partial charge in [-0.25, -0.2) is 9.37 Å². The fourth-order valence-electron chi connectivity index (χ4n) is 3.86. The van der Waals surface area contributed by atoms with E-state index in [0.717, 1.165) is 34.8 Å². The molecule has 34 heavy (non-hydrogen) atoms. The molecule has 1 aliphatic rings. The number of hydrogen-bond acceptors (Lipinski definition) is 6. The van der Waals surface area contributed by atoms with E-state index in [4.69, 9.17) is 9.72 Å². The summed E-state index contributed by atoms with van der Waals surface area (Å²) < 4.78 is 21.2. The molecule has 2 aromatic rings. The van der Waals surface area contributed by atoms with Crippen LogP contribution in [0.2, 0.25) is 0 Å². The van der Waals surface area contributed by atoms with Gasteiger partial charge in [0.1, 0.15) is 17.3 Å². The lowest BCUT2D eigenvalue weighted by molar-refractivity contribution is 0.143. The molecule has 0 fully saturated rings. The Morgan fingerprint density at radius 3 is 2.74 bits per heavy atom. The van der Waals surface area contributed by atoms with Gasteiger partial charge in [-0.15, -0.1) is 0 Å². The molecule has 0 N–H and O–H groups in total. The summed E-state index contributed by atoms with van der Waals surface area (Å²) in [6, 6.07) is 6.45. The average molecular weight is 466 g/mol. The lowest BCUT2D eigenvalue weighted by Gasteiger charge is -2.25. The topological polar surface area (TPSA) is 63.0 Å². The number of nitrogens with zero attached hydrogens (tertiary/aromatic N) is 5. The fourth-order valence-corrected chi connectivity index (χ4v) is 3.86. The number of ether oxygens (including phenoxy) is 1. The summed E-state index contributed by atoms with van der Waals surface area (Å²) in [7, 11) is 5.51. The summed E-state index contributed by atoms with van der Waals surface area (Å²) >= 11 is 0. The van der Waals surface area contributed by atoms with Gasteiger partial charge in [-0.1, -0.05) is 42.6 Å². The number of allylic oxidation sites excluding steroid dienone is 2. The van der Waals surface area contributed by atoms with Crippen molar-refractivity contribution in [3.05, 3.63) is 89.7 Å². The van der Waals surface area contributed by atoms with Crippen LogP contribution in [0.1, 0.15) is 29.9 Å². The molecule has 8 heteroatoms. The zero-order valence-electron chi connectivity index (χ0n) is 20.1. The van der Waals surface area contributed by atoms with E-state index < -0.39 is 0 Å². The Labute approximate surface area is 200 Å². The van der Waals surface area contributed by atoms with Gasteiger partial charge in [0.05, 0.1) is 18.3 Å². The third kappa shape index (κ3) is 5.69. The summed E-state index contributed by atoms with van der Waals surface area (Å²) in [5, 5.41) is 2.96. The molecule has 0 saturated carbocycles. The molecule has 0 saturated heterocycles. The largest absolute Gasteiger partial charge is 0.377 e. The van der Waals surface area contributed by atoms with Crippen molar-refractivity contribution in [2.24, 2.45) is 5.18 Å². The van der Waals surface area contributed by atoms with Gasteiger partial charge in [0.25, 0.3) is 0 Å². The number of halogens is 1. The van der Waals surface area contributed by atoms with E-state index in [0.29, 0.717) is 25.3 Å². The first-order valence-corrected chi connectivity index (χ1v) is 11.2. The van der Waals surface area contributed by atoms with E-state index in [1.807, 2.05) is 30.0 Å². The second kappa shape index (κ2) is 11.6. The molecule has 1 aliphatic carbocycles. The predicted molar refractivity (Wildman–Crippen MR) is 136 cm³/mol. The Bertz CT molecular complexity index is 1090. The number of nitroso groups, excluding NO2 is 1. The first-order valence-electron chi connectivity index (χ1n) is 11.2. The zero-order valence-corrected chi connectivity index (χ0v) is 20.1. The molecule has 1 heterocycles. The summed E-state index contributed by atoms with van der Waals surface area (Å²) in [6.07, 6.45) is 9.26. The minimum atomic E-state index is -0.282. The summed E-state index contributed by atoms with van der Waals surface area (Å²) in [5.41, 5.74) is 3.43. The van der Waals surface area contributed by atoms with Crippen molar-refractivity contribution in [1.82, 2.24) is 14.5 Å². The zero-order chi connectivity index (χ0) is 24.7. The fraction of sp³-hybridized carbons (Fsp3) is 0.346. The molecule has 0 radical (unpaired) electrons. The predicted octanol–water partition coefficient (Wildman–Crippen LogP) is 5.07. The molecule has 7 nitrogen and oxygen atoms in total. The number of hydrogen-bond donors (Lipinski definition) is 0. The number of methoxy groups -OCH3 is 1. The van der Waals surface area contributed by atoms with Crippen LogP contribution in [-0.2, 0) is 11.3 Å². The average Bonchev–Trinajstić information content (AvgIpc) is 3.23. The van der Waals surface area contributed by atoms with Crippen molar-refractivity contribution >= 4 is 17.1 Å². The summed E-state index contributed by atoms with van der Waals surface area (Å²) in [6.45, 7) is 9.60. The highest BCUT2D eigenvalue weighted by atomic mass is 19.1. The maximum absolute atomic E-state index is 13.6. The number of aromatic nitrogens is 2. The van der Waals surface area contributed by atoms with Crippen molar-refractivity contribution in [3.8, 4) is 0 Å². The number of imidazole rings is 1. The normalized spacial score (nSPS) is 15.1. The van der Waals surface area contributed by atoms with Crippen molar-refractivity contribution in [2.45, 2.75) is 25.5 Å². The van der Waals surface area contributed by atoms with Gasteiger partial charge < -0.3 is 19.1 Å². The van der Waals surface area contributed by atoms with E-state index in [1.165, 1.54) is 12.1 Å². The van der Waals surface area contributed by atoms with Gasteiger partial charge in [0.2, 0.25) is 0 Å². The van der Waals surface area contributed by atoms with E-state index in [9.17, 15) is 9.30 Å². The van der Waals surface area contributed by atoms with E-state index in [1.54, 1.807) is 25.4 Å². The number of benzene rings is 1. The van der Waals surface area contributed by atoms with Gasteiger partial charge >= 0.3 is 0 Å². The molecule has 1 atom stereocenters. The van der Waals surface area contributed by atoms with Gasteiger partial charge in [0.15, 0.2) is 5.82 Å². The minimum Gasteiger partial charge on any atom is -0.377 e. The maximum atomic E-state index is 13.6. The molecule has 3 rings (SSSR count). The van der Waals surface area contributed by atoms with Crippen molar-refractivity contribution in [3.63, 3.8) is 0 Å². The third-order valence-electron chi connectivity index (χ3n) is 5.88. The van der Waals surface area contributed by atoms with E-state index >= 15 is 0 Å². The quantitative estimate of drug-likeness (QED) is 0.324. The van der Waals surface area contributed by atoms with Crippen LogP contribution in [-0.4, -0.2) is 54.8 Å². The maximum Gasteiger partial charge on any atom is 0.160 e. The molecule has 0 amide bonds. The minimum absolute atomic E-state index is 0.0401. The van der Waals surface area contributed by atoms with Crippen molar-refractivity contribution in [2.75, 3.05) is 39.2 Å². The van der Waals surface area contributed by atoms with Crippen molar-refractivity contribution < 1.29 is 9.13 Å². The highest BCUT2D eigenvalue weighted by Crippen LogP contribution is 2.34. The third-order valence-corrected chi connectivity index (χ3v) is 5.88. The first-order chi connectivity index (χ1) is 16.4. The molecule has 180 valence electrons. The molecule has 1 unspecified atom stereocenters. The highest BCUT2D eigenvalue weighted by Gasteiger charge is 2.25. The van der Waals surface area contributed by atoms with Crippen LogP contribution in [0.15, 0.2) is 67.0 Å². The smallest absolute Gasteiger partial charge is 0.160 e. The van der Waals surface area contributed by atoms with Gasteiger partial charge in [-0.3, -0.25) is 0 Å². The Balaban J connectivity index is 2.16. The second-order valence-corrected chi connectivity index (χ2v) is 8.22. The van der Waals surface area contributed by atoms with Crippen LogP contribution in [0.5, 0.6) is 0 Å². The van der Waals surface area contributed by atoms with E-state index in [-0.39, 0.29) is 18.5 Å². The van der Waals surface area contributed by atoms with Crippen LogP contribution in [0, 0.1) is 10.7 Å². The van der Waals surface area contributed by atoms with E-state index in [2.05, 4.69) is 35.1 Å². The Morgan fingerprint density at radius 2 is 2.09 bits per heavy atom. The standard InChI is InChI=1S/C26H32FN5O2/c1-6-30(3)26-24(19(2)31(4)16-8-15-28-33)32(18-20-11-13-22(27)14-12-20)25(29-26)21-9-7-10-23(17-21)34-5/h6-7,9,11-14,17,23H,1-2,8,10,15-16,18H2,3-5H3. The number of anilines is 1. The molecular weight excluding hydrogens is 433 g/mol. The Kier molecular flexibility index (Phi) is 8.54. The molecule has 1 aromatic heterocycles. The van der Waals surface area contributed by atoms with Gasteiger partial charge in [-0.2, -0.15) is 4.91 Å². The van der Waals surface area contributed by atoms with Crippen molar-refractivity contribution in [1.29, 1.82) is 0 Å². The lowest BCUT2D eigenvalue weighted by atomic mass is 10.0. The van der Waals surface area contributed by atoms with Gasteiger partial charge in [-0.05, 0) is 42.8 Å². The number of rotatable bonds is 12. The molecule has 0 spiro atoms. The first kappa shape index (κ1) is 25.1. The van der Waals surface area contributed by atoms with Crippen LogP contribution < -0.4 is 4.90 Å². The Hall–Kier alpha value is -3.52. The summed E-state index contributed by atoms with van der Waals surface area (Å²) in [5.74, 6) is 1.17. The second-order valence-electron chi connectivity index (χ2n) is 8.22. The highest BCUT2D eigenvalue weighted by molar-refractivity contribution is 5.78. The van der Waals surface area contributed by atoms with Gasteiger partial charge in [0, 0.05) is 39.9 Å². The van der Waals surface area contributed by atoms with Crippen LogP contribution >= 0.6 is 0 Å². The monoisotopic (exact) mass is 465 g/mol. The molecular formula is C26H32FN5O2. The molecule has 1 aromatic carbocycles. The molecule has 0 aliphatic heterocycles. The van der Waals surface area contributed by atoms with Crippen LogP contribution in [0.25, 0.3) is 11.3 Å². The SMILES string of the molecule is C=CN(C)c1nc(C2=CC(OC)CC=C2)n(Cc2ccc(F)cc2)c1C(=C)N(C)CCCN=O. The Morgan fingerprint density at radius 1 is 1.35 bits per heavy atom. The van der Waals surface area contributed by atoms with Crippen LogP contribution in [0.3, 0.4) is 0 Å². The summed E-state index contributed by atoms with van der Waals surface area (Å²) in [4.78, 5) is 19.4. The molecule has 0 bridgehead atoms. The lowest BCUT2D eigenvalue weighted by Crippen LogP contribution is -2.22.